The van der Waals surface area contributed by atoms with E-state index in [1.165, 1.54) is 0 Å². The van der Waals surface area contributed by atoms with Crippen LogP contribution in [-0.2, 0) is 21.9 Å². The van der Waals surface area contributed by atoms with Gasteiger partial charge in [0.2, 0.25) is 11.8 Å². The van der Waals surface area contributed by atoms with E-state index in [1.807, 2.05) is 69.3 Å². The molecule has 2 aromatic carbocycles. The molecule has 0 bridgehead atoms. The van der Waals surface area contributed by atoms with E-state index in [2.05, 4.69) is 21.2 Å². The number of carbonyl (C=O) groups excluding carboxylic acids is 2. The molecule has 0 saturated carbocycles. The summed E-state index contributed by atoms with van der Waals surface area (Å²) in [5.41, 5.74) is 2.11. The lowest BCUT2D eigenvalue weighted by atomic mass is 10.1. The number of rotatable bonds is 11. The molecule has 2 rings (SSSR count). The predicted molar refractivity (Wildman–Crippen MR) is 134 cm³/mol. The minimum atomic E-state index is -0.509. The second-order valence-electron chi connectivity index (χ2n) is 7.51. The summed E-state index contributed by atoms with van der Waals surface area (Å²) in [5.74, 6) is 0.917. The molecule has 168 valence electrons. The highest BCUT2D eigenvalue weighted by Gasteiger charge is 2.29. The lowest BCUT2D eigenvalue weighted by molar-refractivity contribution is -0.139. The maximum atomic E-state index is 13.2. The van der Waals surface area contributed by atoms with E-state index in [-0.39, 0.29) is 17.9 Å². The van der Waals surface area contributed by atoms with Crippen LogP contribution in [0.15, 0.2) is 53.0 Å². The Hall–Kier alpha value is -1.50. The molecule has 0 unspecified atom stereocenters. The molecule has 0 aliphatic heterocycles. The normalized spacial score (nSPS) is 12.8. The summed E-state index contributed by atoms with van der Waals surface area (Å²) in [6.07, 6.45) is 1.40. The van der Waals surface area contributed by atoms with Gasteiger partial charge in [-0.1, -0.05) is 65.6 Å². The fourth-order valence-corrected chi connectivity index (χ4v) is 4.33. The van der Waals surface area contributed by atoms with Gasteiger partial charge in [-0.15, -0.1) is 11.8 Å². The third kappa shape index (κ3) is 8.51. The zero-order chi connectivity index (χ0) is 22.8. The first kappa shape index (κ1) is 25.8. The van der Waals surface area contributed by atoms with Gasteiger partial charge in [-0.25, -0.2) is 0 Å². The Labute approximate surface area is 203 Å². The molecule has 2 atom stereocenters. The second-order valence-corrected chi connectivity index (χ2v) is 9.85. The number of hydrogen-bond acceptors (Lipinski definition) is 3. The molecular weight excluding hydrogens is 496 g/mol. The van der Waals surface area contributed by atoms with Crippen molar-refractivity contribution in [3.05, 3.63) is 69.2 Å². The fourth-order valence-electron chi connectivity index (χ4n) is 3.07. The monoisotopic (exact) mass is 524 g/mol. The lowest BCUT2D eigenvalue weighted by Crippen LogP contribution is -2.51. The van der Waals surface area contributed by atoms with Crippen LogP contribution in [0.4, 0.5) is 0 Å². The zero-order valence-electron chi connectivity index (χ0n) is 18.2. The van der Waals surface area contributed by atoms with Crippen molar-refractivity contribution in [2.24, 2.45) is 0 Å². The number of nitrogens with one attached hydrogen (secondary N) is 1. The summed E-state index contributed by atoms with van der Waals surface area (Å²) in [5, 5.41) is 3.68. The number of hydrogen-bond donors (Lipinski definition) is 1. The Morgan fingerprint density at radius 1 is 1.03 bits per heavy atom. The number of carbonyl (C=O) groups is 2. The van der Waals surface area contributed by atoms with E-state index >= 15 is 0 Å². The molecule has 0 fully saturated rings. The Kier molecular flexibility index (Phi) is 10.9. The number of amides is 2. The maximum Gasteiger partial charge on any atom is 0.243 e. The van der Waals surface area contributed by atoms with Crippen molar-refractivity contribution in [3.8, 4) is 0 Å². The highest BCUT2D eigenvalue weighted by atomic mass is 79.9. The van der Waals surface area contributed by atoms with Crippen molar-refractivity contribution in [1.29, 1.82) is 0 Å². The van der Waals surface area contributed by atoms with E-state index in [0.717, 1.165) is 27.8 Å². The van der Waals surface area contributed by atoms with Crippen LogP contribution in [0.5, 0.6) is 0 Å². The largest absolute Gasteiger partial charge is 0.352 e. The van der Waals surface area contributed by atoms with Gasteiger partial charge in [0.25, 0.3) is 0 Å². The average Bonchev–Trinajstić information content (AvgIpc) is 2.76. The summed E-state index contributed by atoms with van der Waals surface area (Å²) in [6, 6.07) is 15.1. The van der Waals surface area contributed by atoms with E-state index in [1.54, 1.807) is 16.7 Å². The zero-order valence-corrected chi connectivity index (χ0v) is 21.4. The molecular formula is C24H30BrClN2O2S. The van der Waals surface area contributed by atoms with Gasteiger partial charge in [-0.05, 0) is 55.2 Å². The molecule has 0 aromatic heterocycles. The van der Waals surface area contributed by atoms with Crippen LogP contribution in [0.3, 0.4) is 0 Å². The third-order valence-corrected chi connectivity index (χ3v) is 6.83. The predicted octanol–water partition coefficient (Wildman–Crippen LogP) is 6.06. The van der Waals surface area contributed by atoms with Gasteiger partial charge < -0.3 is 10.2 Å². The van der Waals surface area contributed by atoms with Crippen LogP contribution in [0.2, 0.25) is 5.02 Å². The Bertz CT molecular complexity index is 846. The number of thioether (sulfide) groups is 1. The number of benzene rings is 2. The van der Waals surface area contributed by atoms with Crippen molar-refractivity contribution in [3.63, 3.8) is 0 Å². The quantitative estimate of drug-likeness (QED) is 0.388. The molecule has 31 heavy (non-hydrogen) atoms. The molecule has 2 aromatic rings. The van der Waals surface area contributed by atoms with Crippen LogP contribution in [0.25, 0.3) is 0 Å². The summed E-state index contributed by atoms with van der Waals surface area (Å²) in [7, 11) is 0. The smallest absolute Gasteiger partial charge is 0.243 e. The summed E-state index contributed by atoms with van der Waals surface area (Å²) in [6.45, 7) is 6.32. The number of nitrogens with zero attached hydrogens (tertiary/aromatic N) is 1. The van der Waals surface area contributed by atoms with Crippen molar-refractivity contribution >= 4 is 51.1 Å². The van der Waals surface area contributed by atoms with Gasteiger partial charge in [0, 0.05) is 27.8 Å². The molecule has 4 nitrogen and oxygen atoms in total. The van der Waals surface area contributed by atoms with Gasteiger partial charge in [0.05, 0.1) is 5.75 Å². The average molecular weight is 526 g/mol. The molecule has 0 spiro atoms. The summed E-state index contributed by atoms with van der Waals surface area (Å²) >= 11 is 11.0. The first-order valence-corrected chi connectivity index (χ1v) is 12.8. The topological polar surface area (TPSA) is 49.4 Å². The summed E-state index contributed by atoms with van der Waals surface area (Å²) in [4.78, 5) is 27.8. The van der Waals surface area contributed by atoms with Crippen LogP contribution in [-0.4, -0.2) is 34.6 Å². The second kappa shape index (κ2) is 13.1. The molecule has 0 aliphatic rings. The SMILES string of the molecule is CC[C@H](C)NC(=O)[C@H](CC)N(Cc1ccc(Cl)cc1)C(=O)CSCc1ccc(Br)cc1. The fraction of sp³-hybridized carbons (Fsp3) is 0.417. The standard InChI is InChI=1S/C24H30BrClN2O2S/c1-4-17(3)27-24(30)22(5-2)28(14-18-8-12-21(26)13-9-18)23(29)16-31-15-19-6-10-20(25)11-7-19/h6-13,17,22H,4-5,14-16H2,1-3H3,(H,27,30)/t17-,22-/m0/s1. The minimum Gasteiger partial charge on any atom is -0.352 e. The minimum absolute atomic E-state index is 0.0387. The van der Waals surface area contributed by atoms with Crippen molar-refractivity contribution in [2.45, 2.75) is 58.0 Å². The van der Waals surface area contributed by atoms with Crippen molar-refractivity contribution in [1.82, 2.24) is 10.2 Å². The molecule has 0 saturated heterocycles. The van der Waals surface area contributed by atoms with Crippen LogP contribution in [0.1, 0.15) is 44.7 Å². The first-order valence-electron chi connectivity index (χ1n) is 10.5. The van der Waals surface area contributed by atoms with Gasteiger partial charge >= 0.3 is 0 Å². The van der Waals surface area contributed by atoms with Gasteiger partial charge in [-0.2, -0.15) is 0 Å². The molecule has 2 amide bonds. The number of halogens is 2. The van der Waals surface area contributed by atoms with Gasteiger partial charge in [0.1, 0.15) is 6.04 Å². The molecule has 0 aliphatic carbocycles. The summed E-state index contributed by atoms with van der Waals surface area (Å²) < 4.78 is 1.03. The molecule has 1 N–H and O–H groups in total. The highest BCUT2D eigenvalue weighted by Crippen LogP contribution is 2.19. The van der Waals surface area contributed by atoms with Crippen LogP contribution < -0.4 is 5.32 Å². The molecule has 0 radical (unpaired) electrons. The highest BCUT2D eigenvalue weighted by molar-refractivity contribution is 9.10. The van der Waals surface area contributed by atoms with E-state index in [0.29, 0.717) is 23.7 Å². The first-order chi connectivity index (χ1) is 14.8. The van der Waals surface area contributed by atoms with Crippen LogP contribution in [0, 0.1) is 0 Å². The van der Waals surface area contributed by atoms with E-state index in [9.17, 15) is 9.59 Å². The van der Waals surface area contributed by atoms with Crippen molar-refractivity contribution < 1.29 is 9.59 Å². The van der Waals surface area contributed by atoms with Gasteiger partial charge in [-0.3, -0.25) is 9.59 Å². The molecule has 7 heteroatoms. The molecule has 0 heterocycles. The van der Waals surface area contributed by atoms with E-state index in [4.69, 9.17) is 11.6 Å². The Morgan fingerprint density at radius 2 is 1.65 bits per heavy atom. The Morgan fingerprint density at radius 3 is 2.23 bits per heavy atom. The lowest BCUT2D eigenvalue weighted by Gasteiger charge is -2.31. The third-order valence-electron chi connectivity index (χ3n) is 5.06. The van der Waals surface area contributed by atoms with Crippen molar-refractivity contribution in [2.75, 3.05) is 5.75 Å². The van der Waals surface area contributed by atoms with Gasteiger partial charge in [0.15, 0.2) is 0 Å². The maximum absolute atomic E-state index is 13.2. The Balaban J connectivity index is 2.12. The van der Waals surface area contributed by atoms with Crippen LogP contribution >= 0.6 is 39.3 Å². The van der Waals surface area contributed by atoms with E-state index < -0.39 is 6.04 Å².